The van der Waals surface area contributed by atoms with Gasteiger partial charge < -0.3 is 14.8 Å². The molecule has 0 amide bonds. The molecule has 1 aliphatic heterocycles. The van der Waals surface area contributed by atoms with E-state index in [0.29, 0.717) is 5.75 Å². The maximum Gasteiger partial charge on any atom is 0.339 e. The average Bonchev–Trinajstić information content (AvgIpc) is 3.18. The molecule has 2 N–H and O–H groups in total. The third-order valence-corrected chi connectivity index (χ3v) is 5.93. The second-order valence-corrected chi connectivity index (χ2v) is 7.82. The number of methoxy groups -OCH3 is 1. The summed E-state index contributed by atoms with van der Waals surface area (Å²) in [7, 11) is 1.51. The summed E-state index contributed by atoms with van der Waals surface area (Å²) in [5.74, 6) is -0.568. The van der Waals surface area contributed by atoms with E-state index in [0.717, 1.165) is 56.2 Å². The van der Waals surface area contributed by atoms with Crippen LogP contribution in [-0.2, 0) is 6.42 Å². The number of carbonyl (C=O) groups is 1. The van der Waals surface area contributed by atoms with Gasteiger partial charge >= 0.3 is 5.97 Å². The van der Waals surface area contributed by atoms with E-state index in [9.17, 15) is 9.90 Å². The van der Waals surface area contributed by atoms with Gasteiger partial charge in [-0.15, -0.1) is 0 Å². The molecule has 5 nitrogen and oxygen atoms in total. The first-order valence-electron chi connectivity index (χ1n) is 10.5. The zero-order chi connectivity index (χ0) is 20.9. The van der Waals surface area contributed by atoms with Gasteiger partial charge in [-0.1, -0.05) is 36.4 Å². The maximum absolute atomic E-state index is 11.4. The smallest absolute Gasteiger partial charge is 0.339 e. The highest BCUT2D eigenvalue weighted by molar-refractivity contribution is 5.97. The summed E-state index contributed by atoms with van der Waals surface area (Å²) in [6.07, 6.45) is 8.68. The van der Waals surface area contributed by atoms with Crippen molar-refractivity contribution in [3.8, 4) is 5.75 Å². The number of nitrogens with zero attached hydrogens (tertiary/aromatic N) is 1. The summed E-state index contributed by atoms with van der Waals surface area (Å²) >= 11 is 0. The van der Waals surface area contributed by atoms with Crippen molar-refractivity contribution < 1.29 is 14.6 Å². The fourth-order valence-corrected chi connectivity index (χ4v) is 4.23. The quantitative estimate of drug-likeness (QED) is 0.519. The van der Waals surface area contributed by atoms with E-state index in [2.05, 4.69) is 46.3 Å². The van der Waals surface area contributed by atoms with E-state index in [4.69, 9.17) is 4.74 Å². The Kier molecular flexibility index (Phi) is 6.19. The van der Waals surface area contributed by atoms with E-state index in [-0.39, 0.29) is 5.56 Å². The van der Waals surface area contributed by atoms with Gasteiger partial charge in [0.05, 0.1) is 7.11 Å². The van der Waals surface area contributed by atoms with Crippen molar-refractivity contribution in [3.05, 3.63) is 71.4 Å². The van der Waals surface area contributed by atoms with Crippen LogP contribution in [0.3, 0.4) is 0 Å². The number of carboxylic acids is 1. The van der Waals surface area contributed by atoms with E-state index in [1.54, 1.807) is 6.07 Å². The lowest BCUT2D eigenvalue weighted by molar-refractivity contribution is 0.0693. The first-order valence-corrected chi connectivity index (χ1v) is 10.5. The second kappa shape index (κ2) is 9.18. The van der Waals surface area contributed by atoms with Gasteiger partial charge in [0, 0.05) is 30.2 Å². The van der Waals surface area contributed by atoms with Crippen molar-refractivity contribution in [1.29, 1.82) is 0 Å². The Morgan fingerprint density at radius 3 is 2.73 bits per heavy atom. The number of ether oxygens (including phenoxy) is 1. The normalized spacial score (nSPS) is 14.6. The summed E-state index contributed by atoms with van der Waals surface area (Å²) in [6, 6.07) is 14.1. The van der Waals surface area contributed by atoms with Crippen LogP contribution >= 0.6 is 0 Å². The Labute approximate surface area is 177 Å². The molecule has 0 atom stereocenters. The number of aromatic carboxylic acids is 1. The summed E-state index contributed by atoms with van der Waals surface area (Å²) in [5.41, 5.74) is 5.05. The Morgan fingerprint density at radius 1 is 1.20 bits per heavy atom. The van der Waals surface area contributed by atoms with Gasteiger partial charge in [0.15, 0.2) is 0 Å². The number of H-pyrrole nitrogens is 1. The number of carboxylic acid groups (broad SMARTS) is 1. The lowest BCUT2D eigenvalue weighted by Crippen LogP contribution is -2.29. The number of unbranched alkanes of at least 4 members (excludes halogenated alkanes) is 1. The lowest BCUT2D eigenvalue weighted by Gasteiger charge is -2.26. The lowest BCUT2D eigenvalue weighted by atomic mass is 9.99. The zero-order valence-electron chi connectivity index (χ0n) is 17.4. The van der Waals surface area contributed by atoms with Crippen LogP contribution in [0.2, 0.25) is 0 Å². The topological polar surface area (TPSA) is 65.6 Å². The first kappa shape index (κ1) is 20.2. The third-order valence-electron chi connectivity index (χ3n) is 5.93. The highest BCUT2D eigenvalue weighted by atomic mass is 16.5. The van der Waals surface area contributed by atoms with E-state index in [1.807, 2.05) is 12.3 Å². The van der Waals surface area contributed by atoms with Crippen LogP contribution in [0.25, 0.3) is 16.5 Å². The number of aromatic nitrogens is 1. The van der Waals surface area contributed by atoms with Gasteiger partial charge in [-0.25, -0.2) is 4.79 Å². The number of nitrogens with one attached hydrogen (secondary N) is 1. The number of fused-ring (bicyclic) bond motifs is 1. The van der Waals surface area contributed by atoms with Crippen molar-refractivity contribution in [2.75, 3.05) is 26.7 Å². The summed E-state index contributed by atoms with van der Waals surface area (Å²) < 4.78 is 5.28. The maximum atomic E-state index is 11.4. The Hall–Kier alpha value is -3.05. The number of aromatic amines is 1. The number of hydrogen-bond acceptors (Lipinski definition) is 3. The van der Waals surface area contributed by atoms with Crippen LogP contribution < -0.4 is 4.74 Å². The molecule has 4 rings (SSSR count). The number of benzene rings is 2. The monoisotopic (exact) mass is 404 g/mol. The molecule has 0 spiro atoms. The van der Waals surface area contributed by atoms with E-state index in [1.165, 1.54) is 23.8 Å². The van der Waals surface area contributed by atoms with Gasteiger partial charge in [-0.2, -0.15) is 0 Å². The molecule has 1 aromatic heterocycles. The Balaban J connectivity index is 1.30. The molecule has 0 unspecified atom stereocenters. The van der Waals surface area contributed by atoms with Gasteiger partial charge in [-0.3, -0.25) is 4.90 Å². The predicted molar refractivity (Wildman–Crippen MR) is 120 cm³/mol. The number of hydrogen-bond donors (Lipinski definition) is 2. The van der Waals surface area contributed by atoms with Crippen LogP contribution in [0.4, 0.5) is 0 Å². The van der Waals surface area contributed by atoms with Gasteiger partial charge in [0.25, 0.3) is 0 Å². The molecule has 156 valence electrons. The molecule has 0 fully saturated rings. The molecule has 0 bridgehead atoms. The molecule has 3 aromatic rings. The summed E-state index contributed by atoms with van der Waals surface area (Å²) in [6.45, 7) is 3.24. The Morgan fingerprint density at radius 2 is 2.03 bits per heavy atom. The predicted octanol–water partition coefficient (Wildman–Crippen LogP) is 4.99. The summed E-state index contributed by atoms with van der Waals surface area (Å²) in [5, 5.41) is 10.4. The minimum Gasteiger partial charge on any atom is -0.496 e. The standard InChI is InChI=1S/C25H28N2O3/c1-30-24-16-21-20(17-26-23(21)15-22(24)25(28)29)9-5-6-12-27-13-10-19(11-14-27)18-7-3-2-4-8-18/h2-4,7-8,10,15-17,26H,5-6,9,11-14H2,1H3,(H,28,29). The van der Waals surface area contributed by atoms with Crippen molar-refractivity contribution in [2.24, 2.45) is 0 Å². The fraction of sp³-hybridized carbons (Fsp3) is 0.320. The van der Waals surface area contributed by atoms with Crippen molar-refractivity contribution in [3.63, 3.8) is 0 Å². The van der Waals surface area contributed by atoms with Gasteiger partial charge in [0.2, 0.25) is 0 Å². The SMILES string of the molecule is COc1cc2c(CCCCN3CC=C(c4ccccc4)CC3)c[nH]c2cc1C(=O)O. The first-order chi connectivity index (χ1) is 14.7. The molecular weight excluding hydrogens is 376 g/mol. The zero-order valence-corrected chi connectivity index (χ0v) is 17.4. The van der Waals surface area contributed by atoms with Crippen LogP contribution in [0.15, 0.2) is 54.7 Å². The number of rotatable bonds is 8. The molecule has 30 heavy (non-hydrogen) atoms. The Bertz CT molecular complexity index is 1050. The van der Waals surface area contributed by atoms with Gasteiger partial charge in [-0.05, 0) is 61.1 Å². The van der Waals surface area contributed by atoms with Crippen LogP contribution in [0.5, 0.6) is 5.75 Å². The minimum atomic E-state index is -0.976. The minimum absolute atomic E-state index is 0.187. The highest BCUT2D eigenvalue weighted by Crippen LogP contribution is 2.29. The molecule has 5 heteroatoms. The van der Waals surface area contributed by atoms with Crippen LogP contribution in [0.1, 0.15) is 40.7 Å². The molecule has 0 saturated carbocycles. The molecule has 0 saturated heterocycles. The second-order valence-electron chi connectivity index (χ2n) is 7.82. The molecule has 2 heterocycles. The fourth-order valence-electron chi connectivity index (χ4n) is 4.23. The molecule has 1 aliphatic rings. The van der Waals surface area contributed by atoms with E-state index < -0.39 is 5.97 Å². The molecular formula is C25H28N2O3. The largest absolute Gasteiger partial charge is 0.496 e. The summed E-state index contributed by atoms with van der Waals surface area (Å²) in [4.78, 5) is 17.1. The average molecular weight is 405 g/mol. The van der Waals surface area contributed by atoms with Crippen molar-refractivity contribution in [2.45, 2.75) is 25.7 Å². The highest BCUT2D eigenvalue weighted by Gasteiger charge is 2.15. The van der Waals surface area contributed by atoms with Crippen molar-refractivity contribution >= 4 is 22.4 Å². The van der Waals surface area contributed by atoms with Crippen molar-refractivity contribution in [1.82, 2.24) is 9.88 Å². The molecule has 0 radical (unpaired) electrons. The molecule has 2 aromatic carbocycles. The van der Waals surface area contributed by atoms with Crippen LogP contribution in [-0.4, -0.2) is 47.7 Å². The van der Waals surface area contributed by atoms with Crippen LogP contribution in [0, 0.1) is 0 Å². The van der Waals surface area contributed by atoms with E-state index >= 15 is 0 Å². The third kappa shape index (κ3) is 4.41. The molecule has 0 aliphatic carbocycles. The van der Waals surface area contributed by atoms with Gasteiger partial charge in [0.1, 0.15) is 11.3 Å². The number of aryl methyl sites for hydroxylation is 1.